The van der Waals surface area contributed by atoms with E-state index in [0.717, 1.165) is 41.8 Å². The van der Waals surface area contributed by atoms with Gasteiger partial charge in [0.25, 0.3) is 0 Å². The van der Waals surface area contributed by atoms with Crippen molar-refractivity contribution in [1.82, 2.24) is 4.90 Å². The quantitative estimate of drug-likeness (QED) is 0.543. The normalized spacial score (nSPS) is 19.0. The number of benzene rings is 2. The third kappa shape index (κ3) is 5.00. The van der Waals surface area contributed by atoms with Crippen molar-refractivity contribution < 1.29 is 14.3 Å². The van der Waals surface area contributed by atoms with Crippen molar-refractivity contribution in [2.45, 2.75) is 58.1 Å². The third-order valence-electron chi connectivity index (χ3n) is 5.97. The number of halogens is 1. The van der Waals surface area contributed by atoms with Crippen LogP contribution < -0.4 is 10.1 Å². The molecule has 6 heteroatoms. The zero-order chi connectivity index (χ0) is 22.2. The molecule has 166 valence electrons. The van der Waals surface area contributed by atoms with Gasteiger partial charge >= 0.3 is 6.09 Å². The Labute approximate surface area is 193 Å². The molecule has 1 amide bonds. The van der Waals surface area contributed by atoms with Gasteiger partial charge in [-0.2, -0.15) is 0 Å². The van der Waals surface area contributed by atoms with Gasteiger partial charge in [0.2, 0.25) is 0 Å². The van der Waals surface area contributed by atoms with Crippen LogP contribution in [0.5, 0.6) is 5.75 Å². The summed E-state index contributed by atoms with van der Waals surface area (Å²) in [5, 5.41) is 3.66. The van der Waals surface area contributed by atoms with Crippen LogP contribution in [0.4, 0.5) is 10.5 Å². The lowest BCUT2D eigenvalue weighted by atomic mass is 9.88. The molecule has 2 aromatic rings. The van der Waals surface area contributed by atoms with Crippen LogP contribution in [0.15, 0.2) is 40.9 Å². The molecule has 0 aliphatic carbocycles. The summed E-state index contributed by atoms with van der Waals surface area (Å²) in [6, 6.07) is 12.9. The monoisotopic (exact) mass is 486 g/mol. The molecule has 4 rings (SSSR count). The van der Waals surface area contributed by atoms with Crippen LogP contribution in [0.1, 0.15) is 62.3 Å². The van der Waals surface area contributed by atoms with Gasteiger partial charge in [-0.3, -0.25) is 0 Å². The lowest BCUT2D eigenvalue weighted by molar-refractivity contribution is 0.0205. The van der Waals surface area contributed by atoms with E-state index in [1.807, 2.05) is 37.8 Å². The van der Waals surface area contributed by atoms with E-state index in [9.17, 15) is 4.79 Å². The summed E-state index contributed by atoms with van der Waals surface area (Å²) in [5.41, 5.74) is 4.44. The molecule has 1 atom stereocenters. The molecule has 2 aliphatic heterocycles. The molecule has 31 heavy (non-hydrogen) atoms. The average Bonchev–Trinajstić information content (AvgIpc) is 3.12. The third-order valence-corrected chi connectivity index (χ3v) is 6.66. The van der Waals surface area contributed by atoms with Gasteiger partial charge in [-0.1, -0.05) is 34.1 Å². The van der Waals surface area contributed by atoms with Crippen LogP contribution in [0.3, 0.4) is 0 Å². The summed E-state index contributed by atoms with van der Waals surface area (Å²) in [6.45, 7) is 9.98. The van der Waals surface area contributed by atoms with Gasteiger partial charge in [0.15, 0.2) is 0 Å². The number of fused-ring (bicyclic) bond motifs is 1. The maximum Gasteiger partial charge on any atom is 0.410 e. The number of amides is 1. The number of nitrogens with one attached hydrogen (secondary N) is 1. The number of anilines is 1. The second-order valence-corrected chi connectivity index (χ2v) is 10.3. The number of hydrogen-bond donors (Lipinski definition) is 1. The maximum atomic E-state index is 12.3. The number of carbonyl (C=O) groups is 1. The van der Waals surface area contributed by atoms with Crippen molar-refractivity contribution in [3.63, 3.8) is 0 Å². The van der Waals surface area contributed by atoms with Gasteiger partial charge in [-0.05, 0) is 75.8 Å². The zero-order valence-corrected chi connectivity index (χ0v) is 20.3. The second kappa shape index (κ2) is 8.73. The Hall–Kier alpha value is -2.21. The van der Waals surface area contributed by atoms with Crippen molar-refractivity contribution >= 4 is 27.7 Å². The molecule has 1 saturated heterocycles. The Kier molecular flexibility index (Phi) is 6.20. The number of aryl methyl sites for hydroxylation is 1. The van der Waals surface area contributed by atoms with Crippen LogP contribution >= 0.6 is 15.9 Å². The van der Waals surface area contributed by atoms with Crippen LogP contribution in [0.25, 0.3) is 0 Å². The van der Waals surface area contributed by atoms with Crippen molar-refractivity contribution in [1.29, 1.82) is 0 Å². The van der Waals surface area contributed by atoms with E-state index >= 15 is 0 Å². The first-order valence-corrected chi connectivity index (χ1v) is 11.8. The van der Waals surface area contributed by atoms with Gasteiger partial charge in [-0.15, -0.1) is 0 Å². The van der Waals surface area contributed by atoms with Crippen molar-refractivity contribution in [3.8, 4) is 5.75 Å². The fourth-order valence-corrected chi connectivity index (χ4v) is 4.99. The predicted molar refractivity (Wildman–Crippen MR) is 127 cm³/mol. The summed E-state index contributed by atoms with van der Waals surface area (Å²) in [7, 11) is 0. The molecule has 2 aliphatic rings. The Morgan fingerprint density at radius 1 is 1.19 bits per heavy atom. The minimum Gasteiger partial charge on any atom is -0.491 e. The molecule has 2 aromatic carbocycles. The highest BCUT2D eigenvalue weighted by atomic mass is 79.9. The Bertz CT molecular complexity index is 962. The molecule has 1 fully saturated rings. The summed E-state index contributed by atoms with van der Waals surface area (Å²) in [5.74, 6) is 1.41. The molecular formula is C25H31BrN2O3. The molecule has 2 heterocycles. The van der Waals surface area contributed by atoms with Gasteiger partial charge in [0.1, 0.15) is 18.0 Å². The first-order valence-electron chi connectivity index (χ1n) is 11.0. The minimum atomic E-state index is -0.450. The number of likely N-dealkylation sites (tertiary alicyclic amines) is 1. The first kappa shape index (κ1) is 22.0. The first-order chi connectivity index (χ1) is 14.7. The lowest BCUT2D eigenvalue weighted by Crippen LogP contribution is -2.41. The number of ether oxygens (including phenoxy) is 2. The largest absolute Gasteiger partial charge is 0.491 e. The minimum absolute atomic E-state index is 0.132. The summed E-state index contributed by atoms with van der Waals surface area (Å²) in [6.07, 6.45) is 1.72. The van der Waals surface area contributed by atoms with E-state index in [1.165, 1.54) is 16.7 Å². The van der Waals surface area contributed by atoms with Gasteiger partial charge < -0.3 is 19.7 Å². The molecule has 0 bridgehead atoms. The highest BCUT2D eigenvalue weighted by Crippen LogP contribution is 2.40. The van der Waals surface area contributed by atoms with Gasteiger partial charge in [0, 0.05) is 28.8 Å². The van der Waals surface area contributed by atoms with E-state index in [2.05, 4.69) is 52.4 Å². The summed E-state index contributed by atoms with van der Waals surface area (Å²) >= 11 is 3.66. The van der Waals surface area contributed by atoms with Crippen molar-refractivity contribution in [3.05, 3.63) is 57.6 Å². The maximum absolute atomic E-state index is 12.3. The zero-order valence-electron chi connectivity index (χ0n) is 18.7. The summed E-state index contributed by atoms with van der Waals surface area (Å²) < 4.78 is 12.4. The SMILES string of the molecule is Cc1cc(C2CCN(C(=O)OC(C)(C)C)CC2)ccc1NC1COc2cccc(Br)c21. The van der Waals surface area contributed by atoms with E-state index in [4.69, 9.17) is 9.47 Å². The van der Waals surface area contributed by atoms with E-state index in [0.29, 0.717) is 12.5 Å². The number of nitrogens with zero attached hydrogens (tertiary/aromatic N) is 1. The Balaban J connectivity index is 1.39. The Morgan fingerprint density at radius 2 is 1.94 bits per heavy atom. The molecule has 0 spiro atoms. The topological polar surface area (TPSA) is 50.8 Å². The van der Waals surface area contributed by atoms with E-state index in [-0.39, 0.29) is 12.1 Å². The smallest absolute Gasteiger partial charge is 0.410 e. The summed E-state index contributed by atoms with van der Waals surface area (Å²) in [4.78, 5) is 14.1. The highest BCUT2D eigenvalue weighted by molar-refractivity contribution is 9.10. The molecule has 0 aromatic heterocycles. The standard InChI is InChI=1S/C25H31BrN2O3/c1-16-14-18(17-10-12-28(13-11-17)24(29)31-25(2,3)4)8-9-20(16)27-21-15-30-22-7-5-6-19(26)23(21)22/h5-9,14,17,21,27H,10-13,15H2,1-4H3. The fraction of sp³-hybridized carbons (Fsp3) is 0.480. The average molecular weight is 487 g/mol. The van der Waals surface area contributed by atoms with Gasteiger partial charge in [0.05, 0.1) is 6.04 Å². The predicted octanol–water partition coefficient (Wildman–Crippen LogP) is 6.42. The van der Waals surface area contributed by atoms with Crippen LogP contribution in [-0.4, -0.2) is 36.3 Å². The second-order valence-electron chi connectivity index (χ2n) is 9.48. The molecule has 0 radical (unpaired) electrons. The van der Waals surface area contributed by atoms with E-state index in [1.54, 1.807) is 0 Å². The van der Waals surface area contributed by atoms with Crippen LogP contribution in [-0.2, 0) is 4.74 Å². The highest BCUT2D eigenvalue weighted by Gasteiger charge is 2.29. The molecule has 5 nitrogen and oxygen atoms in total. The van der Waals surface area contributed by atoms with Crippen LogP contribution in [0.2, 0.25) is 0 Å². The van der Waals surface area contributed by atoms with Crippen molar-refractivity contribution in [2.24, 2.45) is 0 Å². The number of rotatable bonds is 3. The molecular weight excluding hydrogens is 456 g/mol. The lowest BCUT2D eigenvalue weighted by Gasteiger charge is -2.33. The van der Waals surface area contributed by atoms with Gasteiger partial charge in [-0.25, -0.2) is 4.79 Å². The van der Waals surface area contributed by atoms with E-state index < -0.39 is 5.60 Å². The Morgan fingerprint density at radius 3 is 2.61 bits per heavy atom. The number of carbonyl (C=O) groups excluding carboxylic acids is 1. The number of piperidine rings is 1. The molecule has 0 saturated carbocycles. The van der Waals surface area contributed by atoms with Crippen molar-refractivity contribution in [2.75, 3.05) is 25.0 Å². The number of hydrogen-bond acceptors (Lipinski definition) is 4. The molecule has 1 N–H and O–H groups in total. The molecule has 1 unspecified atom stereocenters. The fourth-order valence-electron chi connectivity index (χ4n) is 4.36. The van der Waals surface area contributed by atoms with Crippen LogP contribution in [0, 0.1) is 6.92 Å².